The zero-order chi connectivity index (χ0) is 21.5. The number of nitrogens with zero attached hydrogens (tertiary/aromatic N) is 4. The molecule has 30 heavy (non-hydrogen) atoms. The number of hydrogen-bond acceptors (Lipinski definition) is 9. The van der Waals surface area contributed by atoms with E-state index < -0.39 is 16.8 Å². The average molecular weight is 407 g/mol. The highest BCUT2D eigenvalue weighted by atomic mass is 16.6. The highest BCUT2D eigenvalue weighted by molar-refractivity contribution is 5.93. The van der Waals surface area contributed by atoms with E-state index in [0.717, 1.165) is 0 Å². The Morgan fingerprint density at radius 3 is 2.47 bits per heavy atom. The summed E-state index contributed by atoms with van der Waals surface area (Å²) in [6.45, 7) is -0.264. The number of nitro groups is 1. The van der Waals surface area contributed by atoms with Gasteiger partial charge >= 0.3 is 5.97 Å². The Morgan fingerprint density at radius 1 is 1.13 bits per heavy atom. The van der Waals surface area contributed by atoms with Gasteiger partial charge in [-0.1, -0.05) is 0 Å². The van der Waals surface area contributed by atoms with Crippen molar-refractivity contribution in [2.45, 2.75) is 13.0 Å². The first kappa shape index (κ1) is 20.2. The van der Waals surface area contributed by atoms with Crippen LogP contribution in [0.4, 0.5) is 11.4 Å². The Kier molecular flexibility index (Phi) is 6.09. The van der Waals surface area contributed by atoms with Crippen molar-refractivity contribution < 1.29 is 23.7 Å². The maximum Gasteiger partial charge on any atom is 0.338 e. The van der Waals surface area contributed by atoms with Gasteiger partial charge in [0.2, 0.25) is 11.8 Å². The number of nitrogens with one attached hydrogen (secondary N) is 1. The Balaban J connectivity index is 1.57. The molecule has 3 aromatic rings. The van der Waals surface area contributed by atoms with Crippen LogP contribution in [0.25, 0.3) is 11.5 Å². The lowest BCUT2D eigenvalue weighted by Crippen LogP contribution is -2.10. The van der Waals surface area contributed by atoms with Crippen LogP contribution in [0, 0.1) is 21.4 Å². The standard InChI is InChI=1S/C19H13N5O6/c20-10-9-16(25)21-14-5-1-13(2-6-14)19(26)29-11-17-22-23-18(30-17)12-3-7-15(8-4-12)24(27)28/h1-8H,9,11H2,(H,21,25). The van der Waals surface area contributed by atoms with E-state index in [1.807, 2.05) is 0 Å². The van der Waals surface area contributed by atoms with E-state index in [-0.39, 0.29) is 36.1 Å². The molecule has 0 saturated heterocycles. The van der Waals surface area contributed by atoms with Crippen molar-refractivity contribution >= 4 is 23.3 Å². The van der Waals surface area contributed by atoms with Gasteiger partial charge in [0.15, 0.2) is 6.61 Å². The maximum absolute atomic E-state index is 12.1. The molecule has 11 heteroatoms. The van der Waals surface area contributed by atoms with Crippen LogP contribution in [0.3, 0.4) is 0 Å². The predicted octanol–water partition coefficient (Wildman–Crippen LogP) is 2.85. The number of anilines is 1. The first-order valence-electron chi connectivity index (χ1n) is 8.47. The number of hydrogen-bond donors (Lipinski definition) is 1. The topological polar surface area (TPSA) is 161 Å². The number of carbonyl (C=O) groups excluding carboxylic acids is 2. The third-order valence-corrected chi connectivity index (χ3v) is 3.76. The van der Waals surface area contributed by atoms with Gasteiger partial charge in [-0.3, -0.25) is 14.9 Å². The summed E-state index contributed by atoms with van der Waals surface area (Å²) in [5.41, 5.74) is 1.10. The van der Waals surface area contributed by atoms with Gasteiger partial charge in [0.25, 0.3) is 11.6 Å². The molecule has 0 fully saturated rings. The van der Waals surface area contributed by atoms with Crippen LogP contribution in [0.15, 0.2) is 52.9 Å². The molecule has 0 aliphatic rings. The molecule has 2 aromatic carbocycles. The number of amides is 1. The Bertz CT molecular complexity index is 1120. The fraction of sp³-hybridized carbons (Fsp3) is 0.105. The van der Waals surface area contributed by atoms with E-state index in [4.69, 9.17) is 14.4 Å². The number of nitriles is 1. The van der Waals surface area contributed by atoms with E-state index in [1.54, 1.807) is 6.07 Å². The van der Waals surface area contributed by atoms with Crippen LogP contribution in [0.2, 0.25) is 0 Å². The highest BCUT2D eigenvalue weighted by Gasteiger charge is 2.14. The molecule has 0 atom stereocenters. The molecule has 1 N–H and O–H groups in total. The molecule has 11 nitrogen and oxygen atoms in total. The molecule has 0 aliphatic heterocycles. The van der Waals surface area contributed by atoms with Crippen molar-refractivity contribution in [2.75, 3.05) is 5.32 Å². The van der Waals surface area contributed by atoms with Crippen molar-refractivity contribution in [3.8, 4) is 17.5 Å². The van der Waals surface area contributed by atoms with Gasteiger partial charge in [-0.15, -0.1) is 10.2 Å². The number of benzene rings is 2. The van der Waals surface area contributed by atoms with Gasteiger partial charge in [0.05, 0.1) is 16.6 Å². The van der Waals surface area contributed by atoms with Crippen LogP contribution in [0.5, 0.6) is 0 Å². The molecule has 150 valence electrons. The third kappa shape index (κ3) is 5.02. The quantitative estimate of drug-likeness (QED) is 0.352. The summed E-state index contributed by atoms with van der Waals surface area (Å²) in [5.74, 6) is -0.904. The van der Waals surface area contributed by atoms with Gasteiger partial charge < -0.3 is 14.5 Å². The summed E-state index contributed by atoms with van der Waals surface area (Å²) in [4.78, 5) is 33.7. The second-order valence-corrected chi connectivity index (χ2v) is 5.84. The fourth-order valence-corrected chi connectivity index (χ4v) is 2.33. The van der Waals surface area contributed by atoms with E-state index >= 15 is 0 Å². The van der Waals surface area contributed by atoms with E-state index in [1.165, 1.54) is 48.5 Å². The summed E-state index contributed by atoms with van der Waals surface area (Å²) < 4.78 is 10.5. The van der Waals surface area contributed by atoms with Crippen molar-refractivity contribution in [3.05, 3.63) is 70.1 Å². The van der Waals surface area contributed by atoms with Gasteiger partial charge in [0.1, 0.15) is 6.42 Å². The lowest BCUT2D eigenvalue weighted by Gasteiger charge is -2.05. The minimum atomic E-state index is -0.639. The SMILES string of the molecule is N#CCC(=O)Nc1ccc(C(=O)OCc2nnc(-c3ccc([N+](=O)[O-])cc3)o2)cc1. The summed E-state index contributed by atoms with van der Waals surface area (Å²) in [6.07, 6.45) is -0.268. The molecule has 0 aliphatic carbocycles. The zero-order valence-corrected chi connectivity index (χ0v) is 15.3. The number of nitro benzene ring substituents is 1. The Labute approximate surface area is 169 Å². The number of rotatable bonds is 7. The number of non-ortho nitro benzene ring substituents is 1. The fourth-order valence-electron chi connectivity index (χ4n) is 2.33. The molecule has 1 heterocycles. The second kappa shape index (κ2) is 9.07. The number of ether oxygens (including phenoxy) is 1. The summed E-state index contributed by atoms with van der Waals surface area (Å²) in [6, 6.07) is 13.2. The van der Waals surface area contributed by atoms with Gasteiger partial charge in [-0.05, 0) is 36.4 Å². The molecule has 3 rings (SSSR count). The summed E-state index contributed by atoms with van der Waals surface area (Å²) >= 11 is 0. The van der Waals surface area contributed by atoms with Crippen LogP contribution in [-0.4, -0.2) is 27.0 Å². The van der Waals surface area contributed by atoms with Crippen LogP contribution in [0.1, 0.15) is 22.7 Å². The van der Waals surface area contributed by atoms with Crippen molar-refractivity contribution in [1.29, 1.82) is 5.26 Å². The van der Waals surface area contributed by atoms with Gasteiger partial charge in [0, 0.05) is 23.4 Å². The van der Waals surface area contributed by atoms with Crippen molar-refractivity contribution in [1.82, 2.24) is 10.2 Å². The van der Waals surface area contributed by atoms with E-state index in [0.29, 0.717) is 11.3 Å². The summed E-state index contributed by atoms with van der Waals surface area (Å²) in [7, 11) is 0. The third-order valence-electron chi connectivity index (χ3n) is 3.76. The van der Waals surface area contributed by atoms with E-state index in [9.17, 15) is 19.7 Å². The van der Waals surface area contributed by atoms with Crippen LogP contribution < -0.4 is 5.32 Å². The Morgan fingerprint density at radius 2 is 1.83 bits per heavy atom. The summed E-state index contributed by atoms with van der Waals surface area (Å²) in [5, 5.41) is 29.3. The predicted molar refractivity (Wildman–Crippen MR) is 101 cm³/mol. The molecular formula is C19H13N5O6. The largest absolute Gasteiger partial charge is 0.452 e. The molecule has 0 radical (unpaired) electrons. The number of esters is 1. The lowest BCUT2D eigenvalue weighted by molar-refractivity contribution is -0.384. The molecular weight excluding hydrogens is 394 g/mol. The van der Waals surface area contributed by atoms with Crippen molar-refractivity contribution in [2.24, 2.45) is 0 Å². The molecule has 0 unspecified atom stereocenters. The van der Waals surface area contributed by atoms with E-state index in [2.05, 4.69) is 15.5 Å². The molecule has 0 saturated carbocycles. The monoisotopic (exact) mass is 407 g/mol. The van der Waals surface area contributed by atoms with Gasteiger partial charge in [-0.2, -0.15) is 5.26 Å². The van der Waals surface area contributed by atoms with Crippen LogP contribution in [-0.2, 0) is 16.1 Å². The minimum Gasteiger partial charge on any atom is -0.452 e. The van der Waals surface area contributed by atoms with Crippen molar-refractivity contribution in [3.63, 3.8) is 0 Å². The first-order chi connectivity index (χ1) is 14.5. The molecule has 0 spiro atoms. The normalized spacial score (nSPS) is 10.1. The van der Waals surface area contributed by atoms with Crippen LogP contribution >= 0.6 is 0 Å². The molecule has 0 bridgehead atoms. The maximum atomic E-state index is 12.1. The molecule has 1 amide bonds. The Hall–Kier alpha value is -4.59. The minimum absolute atomic E-state index is 0.0529. The smallest absolute Gasteiger partial charge is 0.338 e. The average Bonchev–Trinajstić information content (AvgIpc) is 3.22. The van der Waals surface area contributed by atoms with Gasteiger partial charge in [-0.25, -0.2) is 4.79 Å². The number of carbonyl (C=O) groups is 2. The molecule has 1 aromatic heterocycles. The highest BCUT2D eigenvalue weighted by Crippen LogP contribution is 2.21. The lowest BCUT2D eigenvalue weighted by atomic mass is 10.2. The first-order valence-corrected chi connectivity index (χ1v) is 8.47. The second-order valence-electron chi connectivity index (χ2n) is 5.84. The number of aromatic nitrogens is 2. The zero-order valence-electron chi connectivity index (χ0n) is 15.3.